The third-order valence-electron chi connectivity index (χ3n) is 2.88. The van der Waals surface area contributed by atoms with Crippen LogP contribution in [0, 0.1) is 0 Å². The van der Waals surface area contributed by atoms with Gasteiger partial charge in [0.2, 0.25) is 6.29 Å². The minimum atomic E-state index is -0.588. The number of rotatable bonds is 4. The normalized spacial score (nSPS) is 11.7. The minimum Gasteiger partial charge on any atom is -0.290 e. The Morgan fingerprint density at radius 2 is 1.37 bits per heavy atom. The molecule has 1 radical (unpaired) electrons. The van der Waals surface area contributed by atoms with Crippen molar-refractivity contribution in [2.24, 2.45) is 10.2 Å². The Morgan fingerprint density at radius 3 is 1.89 bits per heavy atom. The maximum absolute atomic E-state index is 10.9. The molecule has 95 valence electrons. The van der Waals surface area contributed by atoms with E-state index < -0.39 is 5.41 Å². The molecular formula is C16H15N2O. The van der Waals surface area contributed by atoms with Crippen LogP contribution in [-0.4, -0.2) is 6.29 Å². The highest BCUT2D eigenvalue weighted by atomic mass is 16.1. The molecular weight excluding hydrogens is 236 g/mol. The number of hydrogen-bond acceptors (Lipinski definition) is 3. The topological polar surface area (TPSA) is 41.8 Å². The summed E-state index contributed by atoms with van der Waals surface area (Å²) in [6, 6.07) is 17.0. The van der Waals surface area contributed by atoms with Gasteiger partial charge >= 0.3 is 0 Å². The lowest BCUT2D eigenvalue weighted by atomic mass is 9.86. The van der Waals surface area contributed by atoms with E-state index in [1.165, 1.54) is 0 Å². The minimum absolute atomic E-state index is 0.588. The first-order chi connectivity index (χ1) is 9.12. The fraction of sp³-hybridized carbons (Fsp3) is 0.188. The lowest BCUT2D eigenvalue weighted by Gasteiger charge is -2.15. The standard InChI is InChI=1S/C16H15N2O/c1-16(2,12-19)13-8-10-15(11-9-13)18-17-14-6-4-3-5-7-14/h3-11H,1-2H3. The Balaban J connectivity index is 2.16. The van der Waals surface area contributed by atoms with Gasteiger partial charge in [-0.3, -0.25) is 4.79 Å². The van der Waals surface area contributed by atoms with Gasteiger partial charge < -0.3 is 0 Å². The molecule has 0 aliphatic rings. The summed E-state index contributed by atoms with van der Waals surface area (Å²) in [5.74, 6) is 0. The quantitative estimate of drug-likeness (QED) is 0.738. The fourth-order valence-corrected chi connectivity index (χ4v) is 1.61. The van der Waals surface area contributed by atoms with Crippen LogP contribution >= 0.6 is 0 Å². The largest absolute Gasteiger partial charge is 0.290 e. The summed E-state index contributed by atoms with van der Waals surface area (Å²) < 4.78 is 0. The zero-order valence-corrected chi connectivity index (χ0v) is 11.0. The van der Waals surface area contributed by atoms with Crippen molar-refractivity contribution in [3.8, 4) is 0 Å². The van der Waals surface area contributed by atoms with Crippen molar-refractivity contribution in [3.63, 3.8) is 0 Å². The second-order valence-corrected chi connectivity index (χ2v) is 4.81. The fourth-order valence-electron chi connectivity index (χ4n) is 1.61. The maximum Gasteiger partial charge on any atom is 0.209 e. The van der Waals surface area contributed by atoms with Crippen molar-refractivity contribution >= 4 is 17.7 Å². The van der Waals surface area contributed by atoms with Gasteiger partial charge in [-0.2, -0.15) is 10.2 Å². The molecule has 2 aromatic rings. The molecule has 0 aliphatic carbocycles. The summed E-state index contributed by atoms with van der Waals surface area (Å²) in [4.78, 5) is 10.9. The van der Waals surface area contributed by atoms with Gasteiger partial charge in [-0.25, -0.2) is 0 Å². The molecule has 2 rings (SSSR count). The summed E-state index contributed by atoms with van der Waals surface area (Å²) in [6.07, 6.45) is 2.03. The molecule has 0 atom stereocenters. The van der Waals surface area contributed by atoms with Gasteiger partial charge in [0, 0.05) is 0 Å². The highest BCUT2D eigenvalue weighted by Gasteiger charge is 2.20. The molecule has 2 aromatic carbocycles. The van der Waals surface area contributed by atoms with Gasteiger partial charge in [0.25, 0.3) is 0 Å². The Labute approximate surface area is 113 Å². The monoisotopic (exact) mass is 251 g/mol. The molecule has 0 aliphatic heterocycles. The van der Waals surface area contributed by atoms with Crippen LogP contribution in [0.4, 0.5) is 11.4 Å². The number of carbonyl (C=O) groups excluding carboxylic acids is 1. The van der Waals surface area contributed by atoms with Crippen molar-refractivity contribution in [3.05, 3.63) is 60.2 Å². The summed E-state index contributed by atoms with van der Waals surface area (Å²) in [5.41, 5.74) is 1.90. The van der Waals surface area contributed by atoms with Crippen LogP contribution in [-0.2, 0) is 10.2 Å². The van der Waals surface area contributed by atoms with Crippen molar-refractivity contribution in [2.75, 3.05) is 0 Å². The van der Waals surface area contributed by atoms with Gasteiger partial charge in [0.1, 0.15) is 0 Å². The van der Waals surface area contributed by atoms with Crippen LogP contribution < -0.4 is 0 Å². The van der Waals surface area contributed by atoms with E-state index in [9.17, 15) is 4.79 Å². The van der Waals surface area contributed by atoms with Gasteiger partial charge in [0.05, 0.1) is 16.8 Å². The molecule has 0 N–H and O–H groups in total. The maximum atomic E-state index is 10.9. The summed E-state index contributed by atoms with van der Waals surface area (Å²) in [7, 11) is 0. The average molecular weight is 251 g/mol. The Kier molecular flexibility index (Phi) is 3.85. The molecule has 0 heterocycles. The first-order valence-electron chi connectivity index (χ1n) is 6.08. The van der Waals surface area contributed by atoms with Crippen molar-refractivity contribution < 1.29 is 4.79 Å². The lowest BCUT2D eigenvalue weighted by Crippen LogP contribution is -2.18. The van der Waals surface area contributed by atoms with E-state index in [2.05, 4.69) is 10.2 Å². The summed E-state index contributed by atoms with van der Waals surface area (Å²) in [6.45, 7) is 3.67. The van der Waals surface area contributed by atoms with E-state index in [-0.39, 0.29) is 0 Å². The second kappa shape index (κ2) is 5.57. The molecule has 19 heavy (non-hydrogen) atoms. The van der Waals surface area contributed by atoms with Crippen molar-refractivity contribution in [2.45, 2.75) is 19.3 Å². The molecule has 0 aromatic heterocycles. The Bertz CT molecular complexity index is 571. The number of nitrogens with zero attached hydrogens (tertiary/aromatic N) is 2. The molecule has 0 fully saturated rings. The molecule has 0 bridgehead atoms. The van der Waals surface area contributed by atoms with E-state index in [4.69, 9.17) is 0 Å². The summed E-state index contributed by atoms with van der Waals surface area (Å²) >= 11 is 0. The first-order valence-corrected chi connectivity index (χ1v) is 6.08. The zero-order chi connectivity index (χ0) is 13.7. The van der Waals surface area contributed by atoms with E-state index in [0.717, 1.165) is 16.9 Å². The molecule has 0 saturated heterocycles. The molecule has 0 spiro atoms. The van der Waals surface area contributed by atoms with Crippen molar-refractivity contribution in [1.82, 2.24) is 0 Å². The highest BCUT2D eigenvalue weighted by molar-refractivity contribution is 5.68. The predicted molar refractivity (Wildman–Crippen MR) is 75.8 cm³/mol. The van der Waals surface area contributed by atoms with Gasteiger partial charge in [0.15, 0.2) is 0 Å². The van der Waals surface area contributed by atoms with E-state index in [1.54, 1.807) is 0 Å². The van der Waals surface area contributed by atoms with Crippen LogP contribution in [0.2, 0.25) is 0 Å². The highest BCUT2D eigenvalue weighted by Crippen LogP contribution is 2.24. The van der Waals surface area contributed by atoms with Crippen LogP contribution in [0.25, 0.3) is 0 Å². The number of hydrogen-bond donors (Lipinski definition) is 0. The SMILES string of the molecule is CC(C)([C]=O)c1ccc(N=Nc2ccccc2)cc1. The van der Waals surface area contributed by atoms with Gasteiger partial charge in [-0.15, -0.1) is 0 Å². The smallest absolute Gasteiger partial charge is 0.209 e. The Hall–Kier alpha value is -2.29. The number of azo groups is 1. The van der Waals surface area contributed by atoms with Crippen LogP contribution in [0.15, 0.2) is 64.8 Å². The molecule has 3 heteroatoms. The molecule has 0 unspecified atom stereocenters. The molecule has 0 amide bonds. The zero-order valence-electron chi connectivity index (χ0n) is 11.0. The third-order valence-corrected chi connectivity index (χ3v) is 2.88. The van der Waals surface area contributed by atoms with Crippen molar-refractivity contribution in [1.29, 1.82) is 0 Å². The van der Waals surface area contributed by atoms with Crippen LogP contribution in [0.3, 0.4) is 0 Å². The van der Waals surface area contributed by atoms with E-state index in [1.807, 2.05) is 74.7 Å². The van der Waals surface area contributed by atoms with Crippen LogP contribution in [0.1, 0.15) is 19.4 Å². The summed E-state index contributed by atoms with van der Waals surface area (Å²) in [5, 5.41) is 8.29. The van der Waals surface area contributed by atoms with E-state index >= 15 is 0 Å². The Morgan fingerprint density at radius 1 is 0.842 bits per heavy atom. The van der Waals surface area contributed by atoms with Gasteiger partial charge in [-0.05, 0) is 43.7 Å². The second-order valence-electron chi connectivity index (χ2n) is 4.81. The third kappa shape index (κ3) is 3.35. The first kappa shape index (κ1) is 13.1. The molecule has 0 saturated carbocycles. The van der Waals surface area contributed by atoms with Gasteiger partial charge in [-0.1, -0.05) is 30.3 Å². The van der Waals surface area contributed by atoms with E-state index in [0.29, 0.717) is 0 Å². The average Bonchev–Trinajstić information content (AvgIpc) is 2.47. The van der Waals surface area contributed by atoms with Crippen LogP contribution in [0.5, 0.6) is 0 Å². The lowest BCUT2D eigenvalue weighted by molar-refractivity contribution is 0.517. The predicted octanol–water partition coefficient (Wildman–Crippen LogP) is 4.49. The number of benzene rings is 2. The molecule has 3 nitrogen and oxygen atoms in total.